The number of morpholine rings is 1. The molecular formula is C36H40F2N6O4. The van der Waals surface area contributed by atoms with E-state index in [2.05, 4.69) is 37.9 Å². The number of piperazine rings is 1. The van der Waals surface area contributed by atoms with Crippen LogP contribution >= 0.6 is 0 Å². The molecule has 4 aromatic rings. The van der Waals surface area contributed by atoms with Crippen molar-refractivity contribution in [1.82, 2.24) is 25.2 Å². The first-order valence-electron chi connectivity index (χ1n) is 16.7. The Balaban J connectivity index is 0.00000179. The van der Waals surface area contributed by atoms with Gasteiger partial charge in [0.2, 0.25) is 5.88 Å². The van der Waals surface area contributed by atoms with Gasteiger partial charge in [0.05, 0.1) is 31.4 Å². The molecule has 0 radical (unpaired) electrons. The van der Waals surface area contributed by atoms with Crippen molar-refractivity contribution >= 4 is 27.5 Å². The molecule has 8 rings (SSSR count). The first-order chi connectivity index (χ1) is 23.3. The van der Waals surface area contributed by atoms with Gasteiger partial charge in [0.1, 0.15) is 40.6 Å². The van der Waals surface area contributed by atoms with Gasteiger partial charge in [-0.25, -0.2) is 13.8 Å². The fraction of sp³-hybridized carbons (Fsp3) is 0.472. The number of nitrogens with one attached hydrogen (secondary N) is 1. The number of pyridine rings is 1. The minimum atomic E-state index is -0.772. The molecule has 2 N–H and O–H groups in total. The molecule has 10 nitrogen and oxygen atoms in total. The van der Waals surface area contributed by atoms with E-state index in [9.17, 15) is 9.50 Å². The highest BCUT2D eigenvalue weighted by atomic mass is 19.1. The fourth-order valence-corrected chi connectivity index (χ4v) is 7.03. The molecule has 0 amide bonds. The van der Waals surface area contributed by atoms with E-state index in [4.69, 9.17) is 25.6 Å². The number of anilines is 1. The lowest BCUT2D eigenvalue weighted by molar-refractivity contribution is 0.0231. The van der Waals surface area contributed by atoms with E-state index in [1.54, 1.807) is 0 Å². The Morgan fingerprint density at radius 2 is 1.90 bits per heavy atom. The summed E-state index contributed by atoms with van der Waals surface area (Å²) in [6, 6.07) is 5.51. The zero-order valence-electron chi connectivity index (χ0n) is 27.5. The van der Waals surface area contributed by atoms with E-state index in [1.807, 2.05) is 13.8 Å². The van der Waals surface area contributed by atoms with Crippen molar-refractivity contribution in [3.63, 3.8) is 0 Å². The highest BCUT2D eigenvalue weighted by Gasteiger charge is 2.45. The van der Waals surface area contributed by atoms with Gasteiger partial charge >= 0.3 is 6.01 Å². The van der Waals surface area contributed by atoms with Gasteiger partial charge in [-0.3, -0.25) is 4.90 Å². The third-order valence-corrected chi connectivity index (χ3v) is 9.75. The summed E-state index contributed by atoms with van der Waals surface area (Å²) in [4.78, 5) is 18.6. The number of ether oxygens (including phenoxy) is 3. The number of phenolic OH excluding ortho intramolecular Hbond substituents is 1. The molecule has 3 fully saturated rings. The highest BCUT2D eigenvalue weighted by molar-refractivity contribution is 6.04. The van der Waals surface area contributed by atoms with Gasteiger partial charge < -0.3 is 29.5 Å². The van der Waals surface area contributed by atoms with E-state index < -0.39 is 11.6 Å². The van der Waals surface area contributed by atoms with Crippen molar-refractivity contribution in [2.45, 2.75) is 45.7 Å². The molecule has 5 heterocycles. The molecule has 0 spiro atoms. The number of terminal acetylenes is 1. The molecule has 1 aliphatic carbocycles. The van der Waals surface area contributed by atoms with Crippen LogP contribution in [0.1, 0.15) is 39.2 Å². The molecule has 1 saturated carbocycles. The molecule has 2 saturated heterocycles. The first-order valence-corrected chi connectivity index (χ1v) is 16.7. The molecule has 2 aromatic carbocycles. The third kappa shape index (κ3) is 5.74. The second-order valence-electron chi connectivity index (χ2n) is 12.8. The second kappa shape index (κ2) is 13.0. The number of nitrogens with zero attached hydrogens (tertiary/aromatic N) is 5. The summed E-state index contributed by atoms with van der Waals surface area (Å²) in [7, 11) is 0. The topological polar surface area (TPSA) is 105 Å². The molecular weight excluding hydrogens is 618 g/mol. The van der Waals surface area contributed by atoms with Gasteiger partial charge in [-0.2, -0.15) is 9.97 Å². The molecule has 2 atom stereocenters. The maximum Gasteiger partial charge on any atom is 0.319 e. The Kier molecular flexibility index (Phi) is 8.70. The minimum absolute atomic E-state index is 0.0116. The highest BCUT2D eigenvalue weighted by Crippen LogP contribution is 2.47. The molecule has 2 aromatic heterocycles. The van der Waals surface area contributed by atoms with Crippen LogP contribution in [-0.2, 0) is 4.74 Å². The summed E-state index contributed by atoms with van der Waals surface area (Å²) in [5.41, 5.74) is -0.135. The largest absolute Gasteiger partial charge is 0.508 e. The Labute approximate surface area is 278 Å². The number of hydrogen-bond acceptors (Lipinski definition) is 10. The summed E-state index contributed by atoms with van der Waals surface area (Å²) >= 11 is 0. The van der Waals surface area contributed by atoms with Crippen LogP contribution in [0.25, 0.3) is 32.9 Å². The van der Waals surface area contributed by atoms with Crippen molar-refractivity contribution in [3.8, 4) is 41.2 Å². The Hall–Kier alpha value is -4.31. The summed E-state index contributed by atoms with van der Waals surface area (Å²) < 4.78 is 50.0. The van der Waals surface area contributed by atoms with Crippen LogP contribution in [0.5, 0.6) is 17.6 Å². The lowest BCUT2D eigenvalue weighted by Crippen LogP contribution is -2.59. The third-order valence-electron chi connectivity index (χ3n) is 9.75. The number of aromatic nitrogens is 3. The maximum atomic E-state index is 16.9. The molecule has 3 aliphatic heterocycles. The SMILES string of the molecule is C#Cc1c(F)ccc2cc(O)cc(-c3nc4c5c(nc(OCC6(CN7CCOCC7)CC6)nc5c3F)N3CCNC(C)[C@H]3CO4)c12.CC. The average molecular weight is 659 g/mol. The van der Waals surface area contributed by atoms with Gasteiger partial charge in [0.15, 0.2) is 5.82 Å². The second-order valence-corrected chi connectivity index (χ2v) is 12.8. The molecule has 1 unspecified atom stereocenters. The van der Waals surface area contributed by atoms with Crippen LogP contribution < -0.4 is 19.7 Å². The minimum Gasteiger partial charge on any atom is -0.508 e. The Bertz CT molecular complexity index is 1910. The number of benzene rings is 2. The standard InChI is InChI=1S/C34H34F2N6O4.C2H6/c1-3-22-24(35)5-4-20-14-21(43)15-23(26(20)22)29-28(36)30-27-31(42-9-8-37-19(2)25(42)16-45-32(27)38-29)40-33(39-30)46-18-34(6-7-34)17-41-10-12-44-13-11-41;1-2/h1,4-5,14-15,19,25,37,43H,6-13,16-18H2,2H3;1-2H3/t19?,25-;/m1./s1. The van der Waals surface area contributed by atoms with Crippen LogP contribution in [0, 0.1) is 29.4 Å². The number of fused-ring (bicyclic) bond motifs is 3. The summed E-state index contributed by atoms with van der Waals surface area (Å²) in [5, 5.41) is 15.1. The van der Waals surface area contributed by atoms with Gasteiger partial charge in [0, 0.05) is 55.1 Å². The van der Waals surface area contributed by atoms with E-state index in [0.717, 1.165) is 45.7 Å². The quantitative estimate of drug-likeness (QED) is 0.279. The lowest BCUT2D eigenvalue weighted by Gasteiger charge is -2.39. The maximum absolute atomic E-state index is 16.9. The van der Waals surface area contributed by atoms with Crippen LogP contribution in [0.2, 0.25) is 0 Å². The number of rotatable bonds is 6. The monoisotopic (exact) mass is 658 g/mol. The number of halogens is 2. The first kappa shape index (κ1) is 32.2. The summed E-state index contributed by atoms with van der Waals surface area (Å²) in [6.07, 6.45) is 7.78. The van der Waals surface area contributed by atoms with Crippen molar-refractivity contribution in [3.05, 3.63) is 41.5 Å². The fourth-order valence-electron chi connectivity index (χ4n) is 7.03. The normalized spacial score (nSPS) is 21.4. The van der Waals surface area contributed by atoms with Gasteiger partial charge in [0.25, 0.3) is 0 Å². The number of phenols is 1. The molecule has 4 aliphatic rings. The Morgan fingerprint density at radius 3 is 2.65 bits per heavy atom. The van der Waals surface area contributed by atoms with Crippen molar-refractivity contribution in [1.29, 1.82) is 0 Å². The molecule has 48 heavy (non-hydrogen) atoms. The van der Waals surface area contributed by atoms with Crippen LogP contribution in [0.3, 0.4) is 0 Å². The van der Waals surface area contributed by atoms with Crippen molar-refractivity contribution in [2.24, 2.45) is 5.41 Å². The predicted octanol–water partition coefficient (Wildman–Crippen LogP) is 4.89. The van der Waals surface area contributed by atoms with Crippen LogP contribution in [0.4, 0.5) is 14.6 Å². The Morgan fingerprint density at radius 1 is 1.10 bits per heavy atom. The van der Waals surface area contributed by atoms with E-state index in [0.29, 0.717) is 36.3 Å². The summed E-state index contributed by atoms with van der Waals surface area (Å²) in [6.45, 7) is 12.2. The van der Waals surface area contributed by atoms with E-state index >= 15 is 4.39 Å². The zero-order chi connectivity index (χ0) is 33.6. The van der Waals surface area contributed by atoms with Gasteiger partial charge in [-0.15, -0.1) is 6.42 Å². The van der Waals surface area contributed by atoms with Crippen LogP contribution in [0.15, 0.2) is 24.3 Å². The molecule has 252 valence electrons. The zero-order valence-corrected chi connectivity index (χ0v) is 27.5. The molecule has 0 bridgehead atoms. The average Bonchev–Trinajstić information content (AvgIpc) is 3.89. The van der Waals surface area contributed by atoms with Gasteiger partial charge in [-0.1, -0.05) is 25.8 Å². The lowest BCUT2D eigenvalue weighted by atomic mass is 9.95. The molecule has 12 heteroatoms. The van der Waals surface area contributed by atoms with E-state index in [-0.39, 0.29) is 69.5 Å². The van der Waals surface area contributed by atoms with Crippen molar-refractivity contribution in [2.75, 3.05) is 64.1 Å². The number of hydrogen-bond donors (Lipinski definition) is 2. The smallest absolute Gasteiger partial charge is 0.319 e. The van der Waals surface area contributed by atoms with Gasteiger partial charge in [-0.05, 0) is 43.4 Å². The number of aromatic hydroxyl groups is 1. The van der Waals surface area contributed by atoms with Crippen LogP contribution in [-0.4, -0.2) is 96.2 Å². The van der Waals surface area contributed by atoms with Crippen molar-refractivity contribution < 1.29 is 28.1 Å². The predicted molar refractivity (Wildman–Crippen MR) is 180 cm³/mol. The van der Waals surface area contributed by atoms with E-state index in [1.165, 1.54) is 24.3 Å². The summed E-state index contributed by atoms with van der Waals surface area (Å²) in [5.74, 6) is 1.48.